The van der Waals surface area contributed by atoms with Crippen LogP contribution in [0.15, 0.2) is 24.3 Å². The molecule has 4 heteroatoms. The molecule has 0 aromatic heterocycles. The second-order valence-electron chi connectivity index (χ2n) is 7.03. The first-order valence-corrected chi connectivity index (χ1v) is 8.80. The van der Waals surface area contributed by atoms with Crippen LogP contribution in [0.4, 0.5) is 0 Å². The number of rotatable bonds is 10. The van der Waals surface area contributed by atoms with E-state index in [9.17, 15) is 19.8 Å². The van der Waals surface area contributed by atoms with E-state index in [2.05, 4.69) is 0 Å². The summed E-state index contributed by atoms with van der Waals surface area (Å²) >= 11 is 0. The van der Waals surface area contributed by atoms with Crippen molar-refractivity contribution in [3.63, 3.8) is 0 Å². The number of carboxylic acid groups (broad SMARTS) is 2. The van der Waals surface area contributed by atoms with Crippen LogP contribution in [0.2, 0.25) is 0 Å². The lowest BCUT2D eigenvalue weighted by Crippen LogP contribution is -2.39. The molecule has 0 radical (unpaired) electrons. The average Bonchev–Trinajstić information content (AvgIpc) is 2.57. The van der Waals surface area contributed by atoms with Crippen LogP contribution in [0.5, 0.6) is 0 Å². The molecule has 134 valence electrons. The molecule has 1 rings (SSSR count). The highest BCUT2D eigenvalue weighted by Gasteiger charge is 2.43. The molecule has 0 saturated heterocycles. The van der Waals surface area contributed by atoms with Crippen LogP contribution in [0.3, 0.4) is 0 Å². The number of hydrogen-bond donors (Lipinski definition) is 2. The van der Waals surface area contributed by atoms with Gasteiger partial charge in [-0.05, 0) is 37.8 Å². The standard InChI is InChI=1S/C20H30O4/c1-5-7-13-19(3,17(21)22)15-11-9-10-12-16(15)20(4,18(23)24)14-8-6-2/h9-12H,5-8,13-14H2,1-4H3,(H,21,22)(H,23,24). The maximum Gasteiger partial charge on any atom is 0.313 e. The number of aliphatic carboxylic acids is 2. The Balaban J connectivity index is 3.51. The van der Waals surface area contributed by atoms with Gasteiger partial charge in [0.2, 0.25) is 0 Å². The van der Waals surface area contributed by atoms with E-state index in [1.165, 1.54) is 0 Å². The topological polar surface area (TPSA) is 74.6 Å². The minimum atomic E-state index is -1.07. The molecule has 0 aliphatic rings. The first-order chi connectivity index (χ1) is 11.2. The van der Waals surface area contributed by atoms with Crippen molar-refractivity contribution in [3.8, 4) is 0 Å². The molecule has 0 spiro atoms. The van der Waals surface area contributed by atoms with Crippen molar-refractivity contribution in [3.05, 3.63) is 35.4 Å². The summed E-state index contributed by atoms with van der Waals surface area (Å²) in [5.74, 6) is -1.79. The van der Waals surface area contributed by atoms with Gasteiger partial charge in [-0.25, -0.2) is 0 Å². The van der Waals surface area contributed by atoms with Gasteiger partial charge in [0.25, 0.3) is 0 Å². The lowest BCUT2D eigenvalue weighted by molar-refractivity contribution is -0.145. The van der Waals surface area contributed by atoms with E-state index >= 15 is 0 Å². The summed E-state index contributed by atoms with van der Waals surface area (Å²) in [6, 6.07) is 7.17. The SMILES string of the molecule is CCCCC(C)(C(=O)O)c1ccccc1C(C)(CCCC)C(=O)O. The Labute approximate surface area is 144 Å². The molecule has 1 aromatic rings. The third-order valence-corrected chi connectivity index (χ3v) is 5.12. The van der Waals surface area contributed by atoms with E-state index in [4.69, 9.17) is 0 Å². The third kappa shape index (κ3) is 3.97. The quantitative estimate of drug-likeness (QED) is 0.647. The first-order valence-electron chi connectivity index (χ1n) is 8.80. The van der Waals surface area contributed by atoms with Crippen molar-refractivity contribution in [2.24, 2.45) is 0 Å². The number of unbranched alkanes of at least 4 members (excludes halogenated alkanes) is 2. The molecule has 24 heavy (non-hydrogen) atoms. The maximum atomic E-state index is 12.0. The Kier molecular flexibility index (Phi) is 7.00. The van der Waals surface area contributed by atoms with E-state index < -0.39 is 22.8 Å². The summed E-state index contributed by atoms with van der Waals surface area (Å²) in [6.45, 7) is 7.48. The highest BCUT2D eigenvalue weighted by molar-refractivity contribution is 5.85. The highest BCUT2D eigenvalue weighted by atomic mass is 16.4. The number of hydrogen-bond acceptors (Lipinski definition) is 2. The molecule has 0 aliphatic carbocycles. The second-order valence-corrected chi connectivity index (χ2v) is 7.03. The zero-order valence-electron chi connectivity index (χ0n) is 15.3. The van der Waals surface area contributed by atoms with Crippen LogP contribution in [-0.2, 0) is 20.4 Å². The minimum absolute atomic E-state index is 0.499. The summed E-state index contributed by atoms with van der Waals surface area (Å²) in [4.78, 5) is 24.1. The van der Waals surface area contributed by atoms with Crippen LogP contribution in [0.1, 0.15) is 77.3 Å². The molecule has 2 atom stereocenters. The molecular weight excluding hydrogens is 304 g/mol. The fourth-order valence-electron chi connectivity index (χ4n) is 3.22. The van der Waals surface area contributed by atoms with Crippen LogP contribution < -0.4 is 0 Å². The summed E-state index contributed by atoms with van der Waals surface area (Å²) in [6.07, 6.45) is 4.37. The first kappa shape index (κ1) is 20.2. The van der Waals surface area contributed by atoms with Gasteiger partial charge in [-0.2, -0.15) is 0 Å². The monoisotopic (exact) mass is 334 g/mol. The fraction of sp³-hybridized carbons (Fsp3) is 0.600. The predicted octanol–water partition coefficient (Wildman–Crippen LogP) is 4.75. The molecule has 2 N–H and O–H groups in total. The van der Waals surface area contributed by atoms with Crippen LogP contribution >= 0.6 is 0 Å². The largest absolute Gasteiger partial charge is 0.481 e. The maximum absolute atomic E-state index is 12.0. The van der Waals surface area contributed by atoms with Gasteiger partial charge in [0.1, 0.15) is 0 Å². The fourth-order valence-corrected chi connectivity index (χ4v) is 3.22. The lowest BCUT2D eigenvalue weighted by Gasteiger charge is -2.34. The predicted molar refractivity (Wildman–Crippen MR) is 95.5 cm³/mol. The summed E-state index contributed by atoms with van der Waals surface area (Å²) in [5, 5.41) is 19.7. The van der Waals surface area contributed by atoms with Gasteiger partial charge in [-0.1, -0.05) is 63.8 Å². The summed E-state index contributed by atoms with van der Waals surface area (Å²) in [7, 11) is 0. The Bertz CT molecular complexity index is 530. The molecule has 0 aliphatic heterocycles. The normalized spacial score (nSPS) is 16.2. The van der Waals surface area contributed by atoms with Crippen molar-refractivity contribution >= 4 is 11.9 Å². The molecule has 2 unspecified atom stereocenters. The van der Waals surface area contributed by atoms with Gasteiger partial charge in [0.15, 0.2) is 0 Å². The molecule has 1 aromatic carbocycles. The lowest BCUT2D eigenvalue weighted by atomic mass is 9.68. The van der Waals surface area contributed by atoms with Crippen LogP contribution in [0, 0.1) is 0 Å². The smallest absolute Gasteiger partial charge is 0.313 e. The van der Waals surface area contributed by atoms with Crippen molar-refractivity contribution in [2.45, 2.75) is 77.0 Å². The Hall–Kier alpha value is -1.84. The van der Waals surface area contributed by atoms with Crippen LogP contribution in [-0.4, -0.2) is 22.2 Å². The van der Waals surface area contributed by atoms with Crippen molar-refractivity contribution in [1.29, 1.82) is 0 Å². The highest BCUT2D eigenvalue weighted by Crippen LogP contribution is 2.40. The molecule has 0 heterocycles. The van der Waals surface area contributed by atoms with Gasteiger partial charge in [0, 0.05) is 0 Å². The van der Waals surface area contributed by atoms with E-state index in [-0.39, 0.29) is 0 Å². The van der Waals surface area contributed by atoms with Gasteiger partial charge in [-0.3, -0.25) is 9.59 Å². The van der Waals surface area contributed by atoms with E-state index in [0.717, 1.165) is 25.7 Å². The number of benzene rings is 1. The number of carboxylic acids is 2. The van der Waals surface area contributed by atoms with Crippen molar-refractivity contribution in [1.82, 2.24) is 0 Å². The Morgan fingerprint density at radius 3 is 1.42 bits per heavy atom. The van der Waals surface area contributed by atoms with Crippen molar-refractivity contribution < 1.29 is 19.8 Å². The third-order valence-electron chi connectivity index (χ3n) is 5.12. The molecule has 0 fully saturated rings. The second kappa shape index (κ2) is 8.32. The number of carbonyl (C=O) groups is 2. The average molecular weight is 334 g/mol. The van der Waals surface area contributed by atoms with Gasteiger partial charge in [-0.15, -0.1) is 0 Å². The van der Waals surface area contributed by atoms with E-state index in [1.54, 1.807) is 38.1 Å². The minimum Gasteiger partial charge on any atom is -0.481 e. The molecule has 0 saturated carbocycles. The molecule has 4 nitrogen and oxygen atoms in total. The Morgan fingerprint density at radius 2 is 1.17 bits per heavy atom. The molecular formula is C20H30O4. The van der Waals surface area contributed by atoms with E-state index in [0.29, 0.717) is 24.0 Å². The summed E-state index contributed by atoms with van der Waals surface area (Å²) in [5.41, 5.74) is -0.885. The van der Waals surface area contributed by atoms with Gasteiger partial charge in [0.05, 0.1) is 10.8 Å². The molecule has 0 amide bonds. The van der Waals surface area contributed by atoms with Crippen molar-refractivity contribution in [2.75, 3.05) is 0 Å². The van der Waals surface area contributed by atoms with Gasteiger partial charge >= 0.3 is 11.9 Å². The van der Waals surface area contributed by atoms with Crippen LogP contribution in [0.25, 0.3) is 0 Å². The zero-order chi connectivity index (χ0) is 18.4. The molecule has 0 bridgehead atoms. The van der Waals surface area contributed by atoms with Gasteiger partial charge < -0.3 is 10.2 Å². The van der Waals surface area contributed by atoms with E-state index in [1.807, 2.05) is 13.8 Å². The zero-order valence-corrected chi connectivity index (χ0v) is 15.3. The Morgan fingerprint density at radius 1 is 0.833 bits per heavy atom. The summed E-state index contributed by atoms with van der Waals surface area (Å²) < 4.78 is 0.